The Morgan fingerprint density at radius 2 is 1.20 bits per heavy atom. The monoisotopic (exact) mass is 692 g/mol. The van der Waals surface area contributed by atoms with E-state index in [4.69, 9.17) is 4.99 Å². The lowest BCUT2D eigenvalue weighted by Gasteiger charge is -2.15. The van der Waals surface area contributed by atoms with E-state index in [2.05, 4.69) is 156 Å². The molecule has 44 heavy (non-hydrogen) atoms. The first kappa shape index (κ1) is 25.8. The summed E-state index contributed by atoms with van der Waals surface area (Å²) in [5.41, 5.74) is 8.34. The van der Waals surface area contributed by atoms with Gasteiger partial charge in [-0.3, -0.25) is 0 Å². The number of para-hydroxylation sites is 1. The number of halogens is 1. The second kappa shape index (κ2) is 10.5. The Hall–Kier alpha value is -4.65. The average molecular weight is 693 g/mol. The summed E-state index contributed by atoms with van der Waals surface area (Å²) in [5, 5.41) is 5.32. The molecule has 1 aliphatic heterocycles. The van der Waals surface area contributed by atoms with E-state index in [-0.39, 0.29) is 0 Å². The van der Waals surface area contributed by atoms with Crippen LogP contribution in [0.4, 0.5) is 0 Å². The van der Waals surface area contributed by atoms with Gasteiger partial charge in [-0.25, -0.2) is 4.99 Å². The predicted octanol–water partition coefficient (Wildman–Crippen LogP) is 11.1. The van der Waals surface area contributed by atoms with Crippen LogP contribution in [0.3, 0.4) is 0 Å². The smallest absolute Gasteiger partial charge is 0.104 e. The zero-order chi connectivity index (χ0) is 29.0. The van der Waals surface area contributed by atoms with Crippen LogP contribution in [0, 0.1) is 0 Å². The van der Waals surface area contributed by atoms with Gasteiger partial charge in [0.1, 0.15) is 3.72 Å². The Kier molecular flexibility index (Phi) is 6.17. The minimum absolute atomic E-state index is 0.453. The number of allylic oxidation sites excluding steroid dienone is 1. The SMILES string of the molecule is C1=C(c2ccccc2)N=C(c2ccccc2)I=C1c1ccc(-n2c3ccccc3c3c4sc5ccccc5c4ccc32)cc1. The number of aliphatic imine (C=N–C) groups is 1. The van der Waals surface area contributed by atoms with Crippen LogP contribution < -0.4 is 0 Å². The molecular weight excluding hydrogens is 667 g/mol. The maximum Gasteiger partial charge on any atom is 0.104 e. The van der Waals surface area contributed by atoms with Gasteiger partial charge in [0.2, 0.25) is 0 Å². The standard InChI is InChI=1S/C40H25IN2S/c1-3-11-27(12-4-1)34-25-33(41-40(42-34)28-13-5-2-6-14-28)26-19-21-29(22-20-26)43-35-17-9-7-16-32(35)38-36(43)24-23-31-30-15-8-10-18-37(30)44-39(31)38/h1-25H. The molecule has 8 aromatic rings. The maximum absolute atomic E-state index is 5.17. The molecule has 1 aliphatic rings. The topological polar surface area (TPSA) is 17.3 Å². The second-order valence-electron chi connectivity index (χ2n) is 10.9. The van der Waals surface area contributed by atoms with Gasteiger partial charge < -0.3 is 4.57 Å². The summed E-state index contributed by atoms with van der Waals surface area (Å²) in [7, 11) is 0. The van der Waals surface area contributed by atoms with Gasteiger partial charge in [0.25, 0.3) is 0 Å². The Labute approximate surface area is 269 Å². The average Bonchev–Trinajstić information content (AvgIpc) is 3.65. The van der Waals surface area contributed by atoms with Gasteiger partial charge >= 0.3 is 0 Å². The number of nitrogens with zero attached hydrogens (tertiary/aromatic N) is 2. The van der Waals surface area contributed by atoms with E-state index in [1.54, 1.807) is 0 Å². The first-order chi connectivity index (χ1) is 21.8. The van der Waals surface area contributed by atoms with E-state index in [9.17, 15) is 0 Å². The number of benzene rings is 6. The van der Waals surface area contributed by atoms with Crippen molar-refractivity contribution in [2.24, 2.45) is 4.99 Å². The van der Waals surface area contributed by atoms with Crippen molar-refractivity contribution in [2.75, 3.05) is 0 Å². The molecule has 0 bridgehead atoms. The lowest BCUT2D eigenvalue weighted by atomic mass is 10.1. The third-order valence-electron chi connectivity index (χ3n) is 8.34. The lowest BCUT2D eigenvalue weighted by molar-refractivity contribution is 1.18. The highest BCUT2D eigenvalue weighted by Gasteiger charge is 2.18. The molecule has 0 atom stereocenters. The molecule has 0 N–H and O–H groups in total. The Balaban J connectivity index is 1.19. The highest BCUT2D eigenvalue weighted by molar-refractivity contribution is 14.2. The van der Waals surface area contributed by atoms with Crippen molar-refractivity contribution in [3.8, 4) is 5.69 Å². The lowest BCUT2D eigenvalue weighted by Crippen LogP contribution is -2.05. The molecule has 0 saturated carbocycles. The summed E-state index contributed by atoms with van der Waals surface area (Å²) < 4.78 is 7.73. The quantitative estimate of drug-likeness (QED) is 0.163. The molecule has 0 fully saturated rings. The molecule has 0 radical (unpaired) electrons. The van der Waals surface area contributed by atoms with Crippen LogP contribution in [0.5, 0.6) is 0 Å². The summed E-state index contributed by atoms with van der Waals surface area (Å²) in [5.74, 6) is 0. The Morgan fingerprint density at radius 1 is 0.523 bits per heavy atom. The first-order valence-corrected chi connectivity index (χ1v) is 17.7. The van der Waals surface area contributed by atoms with Crippen LogP contribution in [0.25, 0.3) is 53.4 Å². The van der Waals surface area contributed by atoms with Gasteiger partial charge in [0, 0.05) is 51.3 Å². The van der Waals surface area contributed by atoms with E-state index in [1.165, 1.54) is 66.0 Å². The fraction of sp³-hybridized carbons (Fsp3) is 0. The largest absolute Gasteiger partial charge is 0.309 e. The number of fused-ring (bicyclic) bond motifs is 7. The molecule has 0 unspecified atom stereocenters. The maximum atomic E-state index is 5.17. The zero-order valence-corrected chi connectivity index (χ0v) is 26.6. The number of aromatic nitrogens is 1. The molecule has 0 spiro atoms. The van der Waals surface area contributed by atoms with Gasteiger partial charge in [-0.2, -0.15) is 0 Å². The summed E-state index contributed by atoms with van der Waals surface area (Å²) in [6.07, 6.45) is 2.31. The van der Waals surface area contributed by atoms with Gasteiger partial charge in [-0.05, 0) is 42.0 Å². The summed E-state index contributed by atoms with van der Waals surface area (Å²) >= 11 is 1.45. The predicted molar refractivity (Wildman–Crippen MR) is 199 cm³/mol. The third-order valence-corrected chi connectivity index (χ3v) is 12.4. The molecule has 6 aromatic carbocycles. The van der Waals surface area contributed by atoms with Crippen molar-refractivity contribution in [2.45, 2.75) is 0 Å². The van der Waals surface area contributed by atoms with Crippen molar-refractivity contribution in [3.05, 3.63) is 168 Å². The van der Waals surface area contributed by atoms with Crippen LogP contribution in [0.15, 0.2) is 157 Å². The molecule has 9 rings (SSSR count). The highest BCUT2D eigenvalue weighted by atomic mass is 127. The fourth-order valence-corrected chi connectivity index (χ4v) is 10.3. The van der Waals surface area contributed by atoms with Crippen LogP contribution in [-0.2, 0) is 0 Å². The minimum Gasteiger partial charge on any atom is -0.309 e. The first-order valence-electron chi connectivity index (χ1n) is 14.7. The second-order valence-corrected chi connectivity index (χ2v) is 14.7. The van der Waals surface area contributed by atoms with Gasteiger partial charge in [-0.15, -0.1) is 11.3 Å². The van der Waals surface area contributed by atoms with Crippen LogP contribution >= 0.6 is 32.1 Å². The number of rotatable bonds is 4. The number of hydrogen-bond donors (Lipinski definition) is 0. The third kappa shape index (κ3) is 4.20. The molecule has 208 valence electrons. The normalized spacial score (nSPS) is 13.6. The molecule has 0 amide bonds. The molecule has 4 heteroatoms. The van der Waals surface area contributed by atoms with E-state index in [0.717, 1.165) is 11.3 Å². The van der Waals surface area contributed by atoms with Crippen LogP contribution in [0.2, 0.25) is 0 Å². The minimum atomic E-state index is -0.453. The number of hydrogen-bond acceptors (Lipinski definition) is 2. The van der Waals surface area contributed by atoms with Crippen molar-refractivity contribution in [3.63, 3.8) is 0 Å². The zero-order valence-electron chi connectivity index (χ0n) is 23.6. The number of thiophene rings is 1. The molecular formula is C40H25IN2S. The Morgan fingerprint density at radius 3 is 2.00 bits per heavy atom. The molecule has 2 aromatic heterocycles. The van der Waals surface area contributed by atoms with Crippen molar-refractivity contribution in [1.29, 1.82) is 0 Å². The molecule has 0 aliphatic carbocycles. The molecule has 3 heterocycles. The highest BCUT2D eigenvalue weighted by Crippen LogP contribution is 2.43. The van der Waals surface area contributed by atoms with Gasteiger partial charge in [0.05, 0.1) is 16.7 Å². The van der Waals surface area contributed by atoms with Crippen LogP contribution in [-0.4, -0.2) is 11.8 Å². The van der Waals surface area contributed by atoms with E-state index >= 15 is 0 Å². The van der Waals surface area contributed by atoms with E-state index in [1.807, 2.05) is 11.3 Å². The van der Waals surface area contributed by atoms with Gasteiger partial charge in [-0.1, -0.05) is 136 Å². The van der Waals surface area contributed by atoms with Crippen molar-refractivity contribution >= 4 is 87.0 Å². The van der Waals surface area contributed by atoms with Crippen molar-refractivity contribution in [1.82, 2.24) is 4.57 Å². The van der Waals surface area contributed by atoms with E-state index in [0.29, 0.717) is 0 Å². The fourth-order valence-electron chi connectivity index (χ4n) is 6.28. The Bertz CT molecular complexity index is 2420. The van der Waals surface area contributed by atoms with E-state index < -0.39 is 20.7 Å². The summed E-state index contributed by atoms with van der Waals surface area (Å²) in [4.78, 5) is 5.17. The summed E-state index contributed by atoms with van der Waals surface area (Å²) in [6.45, 7) is 0. The molecule has 0 saturated heterocycles. The van der Waals surface area contributed by atoms with Crippen LogP contribution in [0.1, 0.15) is 16.7 Å². The van der Waals surface area contributed by atoms with Crippen molar-refractivity contribution < 1.29 is 0 Å². The van der Waals surface area contributed by atoms with Gasteiger partial charge in [0.15, 0.2) is 0 Å². The summed E-state index contributed by atoms with van der Waals surface area (Å²) in [6, 6.07) is 52.6. The molecule has 2 nitrogen and oxygen atoms in total.